The Hall–Kier alpha value is -2.48. The van der Waals surface area contributed by atoms with Gasteiger partial charge in [-0.05, 0) is 43.9 Å². The van der Waals surface area contributed by atoms with Crippen molar-refractivity contribution in [3.8, 4) is 0 Å². The molecule has 8 nitrogen and oxygen atoms in total. The van der Waals surface area contributed by atoms with E-state index in [0.29, 0.717) is 29.4 Å². The van der Waals surface area contributed by atoms with Crippen LogP contribution in [0.4, 0.5) is 9.59 Å². The first-order valence-electron chi connectivity index (χ1n) is 9.49. The van der Waals surface area contributed by atoms with Crippen molar-refractivity contribution in [3.63, 3.8) is 0 Å². The minimum atomic E-state index is -0.341. The summed E-state index contributed by atoms with van der Waals surface area (Å²) >= 11 is 6.06. The number of hydrogen-bond donors (Lipinski definition) is 1. The first-order valence-corrected chi connectivity index (χ1v) is 9.87. The molecule has 2 fully saturated rings. The van der Waals surface area contributed by atoms with Gasteiger partial charge >= 0.3 is 12.1 Å². The lowest BCUT2D eigenvalue weighted by molar-refractivity contribution is 0.0820. The van der Waals surface area contributed by atoms with Crippen LogP contribution in [0, 0.1) is 0 Å². The smallest absolute Gasteiger partial charge is 0.409 e. The van der Waals surface area contributed by atoms with E-state index in [-0.39, 0.29) is 30.8 Å². The molecule has 2 heterocycles. The van der Waals surface area contributed by atoms with Crippen molar-refractivity contribution in [2.24, 2.45) is 0 Å². The molecule has 2 aliphatic rings. The average Bonchev–Trinajstić information content (AvgIpc) is 3.46. The van der Waals surface area contributed by atoms with Crippen molar-refractivity contribution in [2.45, 2.75) is 44.3 Å². The third kappa shape index (κ3) is 3.87. The number of benzene rings is 1. The maximum absolute atomic E-state index is 13.0. The standard InChI is InChI=1S/C19H23ClN4O4/c1-27-19(26)23-8-2-3-14(11-23)24(13-5-6-13)18(25)21-10-16-15-9-12(20)4-7-17(15)28-22-16/h4,7,9,13-14H,2-3,5-6,8,10-11H2,1H3,(H,21,25)/t14-/m1/s1. The van der Waals surface area contributed by atoms with Gasteiger partial charge in [0.15, 0.2) is 5.58 Å². The van der Waals surface area contributed by atoms with Gasteiger partial charge in [0.25, 0.3) is 0 Å². The fourth-order valence-corrected chi connectivity index (χ4v) is 3.97. The number of halogens is 1. The molecule has 0 radical (unpaired) electrons. The SMILES string of the molecule is COC(=O)N1CCC[C@@H](N(C(=O)NCc2noc3ccc(Cl)cc23)C2CC2)C1. The first kappa shape index (κ1) is 18.9. The number of carbonyl (C=O) groups excluding carboxylic acids is 2. The van der Waals surface area contributed by atoms with Crippen molar-refractivity contribution in [1.82, 2.24) is 20.3 Å². The summed E-state index contributed by atoms with van der Waals surface area (Å²) < 4.78 is 10.1. The molecule has 0 unspecified atom stereocenters. The summed E-state index contributed by atoms with van der Waals surface area (Å²) in [6.45, 7) is 1.41. The molecule has 1 aromatic heterocycles. The van der Waals surface area contributed by atoms with Crippen LogP contribution in [-0.4, -0.2) is 59.4 Å². The maximum Gasteiger partial charge on any atom is 0.409 e. The Morgan fingerprint density at radius 3 is 2.93 bits per heavy atom. The predicted octanol–water partition coefficient (Wildman–Crippen LogP) is 3.39. The molecule has 3 amide bonds. The van der Waals surface area contributed by atoms with Gasteiger partial charge in [-0.3, -0.25) is 0 Å². The summed E-state index contributed by atoms with van der Waals surface area (Å²) in [5, 5.41) is 8.39. The molecule has 2 aromatic rings. The Bertz CT molecular complexity index is 882. The lowest BCUT2D eigenvalue weighted by Crippen LogP contribution is -2.54. The molecule has 1 aliphatic heterocycles. The molecular weight excluding hydrogens is 384 g/mol. The van der Waals surface area contributed by atoms with E-state index in [4.69, 9.17) is 20.9 Å². The maximum atomic E-state index is 13.0. The van der Waals surface area contributed by atoms with E-state index in [1.165, 1.54) is 7.11 Å². The third-order valence-electron chi connectivity index (χ3n) is 5.31. The zero-order chi connectivity index (χ0) is 19.7. The van der Waals surface area contributed by atoms with Gasteiger partial charge < -0.3 is 24.4 Å². The number of nitrogens with zero attached hydrogens (tertiary/aromatic N) is 3. The summed E-state index contributed by atoms with van der Waals surface area (Å²) in [5.41, 5.74) is 1.27. The number of hydrogen-bond acceptors (Lipinski definition) is 5. The number of rotatable bonds is 4. The number of nitrogens with one attached hydrogen (secondary N) is 1. The number of methoxy groups -OCH3 is 1. The highest BCUT2D eigenvalue weighted by atomic mass is 35.5. The van der Waals surface area contributed by atoms with Gasteiger partial charge in [-0.25, -0.2) is 9.59 Å². The summed E-state index contributed by atoms with van der Waals surface area (Å²) in [6.07, 6.45) is 3.37. The quantitative estimate of drug-likeness (QED) is 0.840. The molecule has 1 aromatic carbocycles. The second kappa shape index (κ2) is 7.87. The van der Waals surface area contributed by atoms with Crippen molar-refractivity contribution in [2.75, 3.05) is 20.2 Å². The number of ether oxygens (including phenoxy) is 1. The molecule has 150 valence electrons. The zero-order valence-corrected chi connectivity index (χ0v) is 16.4. The van der Waals surface area contributed by atoms with Crippen molar-refractivity contribution in [1.29, 1.82) is 0 Å². The number of urea groups is 1. The van der Waals surface area contributed by atoms with Crippen molar-refractivity contribution >= 4 is 34.7 Å². The largest absolute Gasteiger partial charge is 0.453 e. The number of likely N-dealkylation sites (tertiary alicyclic amines) is 1. The summed E-state index contributed by atoms with van der Waals surface area (Å²) in [5.74, 6) is 0. The molecule has 1 atom stereocenters. The van der Waals surface area contributed by atoms with Gasteiger partial charge in [-0.15, -0.1) is 0 Å². The number of piperidine rings is 1. The number of fused-ring (bicyclic) bond motifs is 1. The Morgan fingerprint density at radius 2 is 2.18 bits per heavy atom. The fraction of sp³-hybridized carbons (Fsp3) is 0.526. The van der Waals surface area contributed by atoms with Crippen molar-refractivity contribution < 1.29 is 18.8 Å². The van der Waals surface area contributed by atoms with Crippen LogP contribution in [0.15, 0.2) is 22.7 Å². The second-order valence-corrected chi connectivity index (χ2v) is 7.72. The van der Waals surface area contributed by atoms with Gasteiger partial charge in [-0.1, -0.05) is 16.8 Å². The minimum absolute atomic E-state index is 0.0103. The normalized spacial score (nSPS) is 19.5. The molecule has 1 saturated carbocycles. The molecular formula is C19H23ClN4O4. The second-order valence-electron chi connectivity index (χ2n) is 7.28. The predicted molar refractivity (Wildman–Crippen MR) is 103 cm³/mol. The van der Waals surface area contributed by atoms with Crippen LogP contribution in [0.3, 0.4) is 0 Å². The molecule has 1 N–H and O–H groups in total. The van der Waals surface area contributed by atoms with Gasteiger partial charge in [0.2, 0.25) is 0 Å². The molecule has 0 bridgehead atoms. The van der Waals surface area contributed by atoms with Gasteiger partial charge in [-0.2, -0.15) is 0 Å². The van der Waals surface area contributed by atoms with Crippen LogP contribution in [0.25, 0.3) is 11.0 Å². The molecule has 9 heteroatoms. The van der Waals surface area contributed by atoms with E-state index in [1.807, 2.05) is 4.90 Å². The first-order chi connectivity index (χ1) is 13.6. The number of carbonyl (C=O) groups is 2. The summed E-state index contributed by atoms with van der Waals surface area (Å²) in [4.78, 5) is 28.4. The molecule has 1 saturated heterocycles. The van der Waals surface area contributed by atoms with E-state index >= 15 is 0 Å². The van der Waals surface area contributed by atoms with Gasteiger partial charge in [0.1, 0.15) is 5.69 Å². The highest BCUT2D eigenvalue weighted by molar-refractivity contribution is 6.31. The van der Waals surface area contributed by atoms with E-state index < -0.39 is 0 Å². The van der Waals surface area contributed by atoms with E-state index in [0.717, 1.165) is 31.1 Å². The van der Waals surface area contributed by atoms with E-state index in [2.05, 4.69) is 10.5 Å². The molecule has 28 heavy (non-hydrogen) atoms. The Labute approximate surface area is 167 Å². The summed E-state index contributed by atoms with van der Waals surface area (Å²) in [6, 6.07) is 5.36. The number of amides is 3. The third-order valence-corrected chi connectivity index (χ3v) is 5.55. The highest BCUT2D eigenvalue weighted by Crippen LogP contribution is 2.32. The summed E-state index contributed by atoms with van der Waals surface area (Å²) in [7, 11) is 1.38. The fourth-order valence-electron chi connectivity index (χ4n) is 3.80. The topological polar surface area (TPSA) is 87.9 Å². The van der Waals surface area contributed by atoms with Crippen LogP contribution in [0.5, 0.6) is 0 Å². The Balaban J connectivity index is 1.44. The molecule has 0 spiro atoms. The monoisotopic (exact) mass is 406 g/mol. The molecule has 4 rings (SSSR count). The van der Waals surface area contributed by atoms with Crippen LogP contribution >= 0.6 is 11.6 Å². The average molecular weight is 407 g/mol. The van der Waals surface area contributed by atoms with Crippen molar-refractivity contribution in [3.05, 3.63) is 28.9 Å². The van der Waals surface area contributed by atoms with Crippen LogP contribution in [-0.2, 0) is 11.3 Å². The minimum Gasteiger partial charge on any atom is -0.453 e. The van der Waals surface area contributed by atoms with Gasteiger partial charge in [0, 0.05) is 29.5 Å². The Morgan fingerprint density at radius 1 is 1.36 bits per heavy atom. The number of aromatic nitrogens is 1. The van der Waals surface area contributed by atoms with Gasteiger partial charge in [0.05, 0.1) is 19.7 Å². The van der Waals surface area contributed by atoms with E-state index in [9.17, 15) is 9.59 Å². The lowest BCUT2D eigenvalue weighted by atomic mass is 10.0. The highest BCUT2D eigenvalue weighted by Gasteiger charge is 2.40. The zero-order valence-electron chi connectivity index (χ0n) is 15.7. The van der Waals surface area contributed by atoms with E-state index in [1.54, 1.807) is 23.1 Å². The Kier molecular flexibility index (Phi) is 5.30. The lowest BCUT2D eigenvalue weighted by Gasteiger charge is -2.38. The van der Waals surface area contributed by atoms with Crippen LogP contribution in [0.1, 0.15) is 31.4 Å². The van der Waals surface area contributed by atoms with Crippen LogP contribution in [0.2, 0.25) is 5.02 Å². The van der Waals surface area contributed by atoms with Crippen LogP contribution < -0.4 is 5.32 Å². The molecule has 1 aliphatic carbocycles.